The number of allylic oxidation sites excluding steroid dienone is 2. The second-order valence-electron chi connectivity index (χ2n) is 5.37. The van der Waals surface area contributed by atoms with E-state index >= 15 is 0 Å². The molecule has 0 atom stereocenters. The van der Waals surface area contributed by atoms with E-state index in [4.69, 9.17) is 9.47 Å². The molecule has 0 amide bonds. The van der Waals surface area contributed by atoms with Crippen LogP contribution in [0.2, 0.25) is 0 Å². The van der Waals surface area contributed by atoms with Crippen molar-refractivity contribution in [3.8, 4) is 0 Å². The Labute approximate surface area is 133 Å². The van der Waals surface area contributed by atoms with Gasteiger partial charge in [0.2, 0.25) is 0 Å². The Kier molecular flexibility index (Phi) is 8.63. The molecule has 1 aromatic rings. The van der Waals surface area contributed by atoms with Crippen molar-refractivity contribution in [2.45, 2.75) is 52.7 Å². The first-order valence-electron chi connectivity index (χ1n) is 7.71. The Hall–Kier alpha value is -1.52. The molecular formula is C18H27NO3. The number of unbranched alkanes of at least 4 members (excludes halogenated alkanes) is 1. The van der Waals surface area contributed by atoms with Gasteiger partial charge in [-0.15, -0.1) is 0 Å². The molecule has 0 radical (unpaired) electrons. The van der Waals surface area contributed by atoms with Crippen LogP contribution in [0.5, 0.6) is 0 Å². The highest BCUT2D eigenvalue weighted by atomic mass is 16.5. The fourth-order valence-corrected chi connectivity index (χ4v) is 2.45. The molecule has 1 aromatic heterocycles. The van der Waals surface area contributed by atoms with Crippen LogP contribution in [0.25, 0.3) is 0 Å². The van der Waals surface area contributed by atoms with Crippen LogP contribution in [0.15, 0.2) is 18.3 Å². The molecule has 122 valence electrons. The molecule has 4 heteroatoms. The van der Waals surface area contributed by atoms with Crippen molar-refractivity contribution >= 4 is 5.78 Å². The lowest BCUT2D eigenvalue weighted by atomic mass is 9.96. The second-order valence-corrected chi connectivity index (χ2v) is 5.37. The number of ketones is 1. The van der Waals surface area contributed by atoms with Gasteiger partial charge in [0.15, 0.2) is 0 Å². The van der Waals surface area contributed by atoms with Crippen molar-refractivity contribution in [2.24, 2.45) is 0 Å². The van der Waals surface area contributed by atoms with Gasteiger partial charge in [0.05, 0.1) is 13.2 Å². The lowest BCUT2D eigenvalue weighted by molar-refractivity contribution is -0.118. The van der Waals surface area contributed by atoms with Gasteiger partial charge in [0.1, 0.15) is 5.78 Å². The molecule has 0 spiro atoms. The van der Waals surface area contributed by atoms with Crippen molar-refractivity contribution in [1.82, 2.24) is 4.98 Å². The van der Waals surface area contributed by atoms with E-state index in [9.17, 15) is 4.79 Å². The largest absolute Gasteiger partial charge is 0.380 e. The molecule has 1 heterocycles. The van der Waals surface area contributed by atoms with Gasteiger partial charge in [-0.25, -0.2) is 0 Å². The quantitative estimate of drug-likeness (QED) is 0.490. The van der Waals surface area contributed by atoms with Gasteiger partial charge >= 0.3 is 0 Å². The van der Waals surface area contributed by atoms with Crippen LogP contribution >= 0.6 is 0 Å². The molecule has 0 aromatic carbocycles. The summed E-state index contributed by atoms with van der Waals surface area (Å²) in [7, 11) is 3.32. The Morgan fingerprint density at radius 3 is 2.59 bits per heavy atom. The fraction of sp³-hybridized carbons (Fsp3) is 0.556. The summed E-state index contributed by atoms with van der Waals surface area (Å²) in [5, 5.41) is 0. The number of Topliss-reactive ketones (excluding diaryl/α,β-unsaturated/α-hetero) is 1. The molecule has 0 saturated carbocycles. The number of carbonyl (C=O) groups is 1. The third-order valence-electron chi connectivity index (χ3n) is 3.63. The normalized spacial score (nSPS) is 11.3. The summed E-state index contributed by atoms with van der Waals surface area (Å²) in [6.07, 6.45) is 8.79. The van der Waals surface area contributed by atoms with Gasteiger partial charge in [0, 0.05) is 44.5 Å². The van der Waals surface area contributed by atoms with Crippen molar-refractivity contribution in [2.75, 3.05) is 14.2 Å². The maximum atomic E-state index is 12.2. The van der Waals surface area contributed by atoms with Gasteiger partial charge in [-0.3, -0.25) is 9.78 Å². The molecule has 4 nitrogen and oxygen atoms in total. The van der Waals surface area contributed by atoms with Gasteiger partial charge in [-0.1, -0.05) is 12.2 Å². The van der Waals surface area contributed by atoms with Crippen molar-refractivity contribution in [3.63, 3.8) is 0 Å². The van der Waals surface area contributed by atoms with E-state index in [1.54, 1.807) is 14.2 Å². The van der Waals surface area contributed by atoms with Gasteiger partial charge < -0.3 is 9.47 Å². The standard InChI is InChI=1S/C18H27NO3/c1-5-6-7-8-9-16(20)10-17-14(2)19-11-15(12-21-3)18(17)13-22-4/h5-6,11H,7-10,12-13H2,1-4H3/b6-5-. The maximum Gasteiger partial charge on any atom is 0.137 e. The average Bonchev–Trinajstić information content (AvgIpc) is 2.50. The average molecular weight is 305 g/mol. The van der Waals surface area contributed by atoms with E-state index in [0.717, 1.165) is 35.2 Å². The zero-order valence-corrected chi connectivity index (χ0v) is 14.1. The predicted octanol–water partition coefficient (Wildman–Crippen LogP) is 3.54. The smallest absolute Gasteiger partial charge is 0.137 e. The molecule has 0 aliphatic rings. The summed E-state index contributed by atoms with van der Waals surface area (Å²) in [6, 6.07) is 0. The molecular weight excluding hydrogens is 278 g/mol. The molecule has 0 bridgehead atoms. The molecule has 1 rings (SSSR count). The number of aromatic nitrogens is 1. The number of rotatable bonds is 10. The van der Waals surface area contributed by atoms with Crippen LogP contribution in [0.1, 0.15) is 48.6 Å². The number of hydrogen-bond donors (Lipinski definition) is 0. The fourth-order valence-electron chi connectivity index (χ4n) is 2.45. The molecule has 0 unspecified atom stereocenters. The molecule has 0 N–H and O–H groups in total. The molecule has 0 aliphatic heterocycles. The minimum atomic E-state index is 0.251. The van der Waals surface area contributed by atoms with Crippen LogP contribution in [-0.2, 0) is 33.9 Å². The van der Waals surface area contributed by atoms with Gasteiger partial charge in [0.25, 0.3) is 0 Å². The zero-order chi connectivity index (χ0) is 16.4. The van der Waals surface area contributed by atoms with Gasteiger partial charge in [-0.2, -0.15) is 0 Å². The summed E-state index contributed by atoms with van der Waals surface area (Å²) in [5.74, 6) is 0.251. The summed E-state index contributed by atoms with van der Waals surface area (Å²) in [4.78, 5) is 16.6. The van der Waals surface area contributed by atoms with E-state index in [1.165, 1.54) is 0 Å². The monoisotopic (exact) mass is 305 g/mol. The predicted molar refractivity (Wildman–Crippen MR) is 87.8 cm³/mol. The third-order valence-corrected chi connectivity index (χ3v) is 3.63. The lowest BCUT2D eigenvalue weighted by Crippen LogP contribution is -2.12. The minimum Gasteiger partial charge on any atom is -0.380 e. The van der Waals surface area contributed by atoms with E-state index in [1.807, 2.05) is 26.1 Å². The number of methoxy groups -OCH3 is 2. The third kappa shape index (κ3) is 5.70. The lowest BCUT2D eigenvalue weighted by Gasteiger charge is -2.15. The molecule has 0 fully saturated rings. The SMILES string of the molecule is C/C=C\CCCC(=O)Cc1c(C)ncc(COC)c1COC. The number of hydrogen-bond acceptors (Lipinski definition) is 4. The van der Waals surface area contributed by atoms with Crippen molar-refractivity contribution in [1.29, 1.82) is 0 Å². The summed E-state index contributed by atoms with van der Waals surface area (Å²) in [5.41, 5.74) is 3.92. The van der Waals surface area contributed by atoms with Crippen LogP contribution in [0.4, 0.5) is 0 Å². The maximum absolute atomic E-state index is 12.2. The van der Waals surface area contributed by atoms with E-state index < -0.39 is 0 Å². The van der Waals surface area contributed by atoms with Crippen LogP contribution in [0, 0.1) is 6.92 Å². The van der Waals surface area contributed by atoms with Crippen LogP contribution < -0.4 is 0 Å². The van der Waals surface area contributed by atoms with Crippen LogP contribution in [-0.4, -0.2) is 25.0 Å². The Bertz CT molecular complexity index is 509. The number of carbonyl (C=O) groups excluding carboxylic acids is 1. The minimum absolute atomic E-state index is 0.251. The van der Waals surface area contributed by atoms with Crippen molar-refractivity contribution < 1.29 is 14.3 Å². The molecule has 0 saturated heterocycles. The first kappa shape index (κ1) is 18.5. The Morgan fingerprint density at radius 2 is 1.95 bits per heavy atom. The van der Waals surface area contributed by atoms with E-state index in [0.29, 0.717) is 26.1 Å². The van der Waals surface area contributed by atoms with Crippen molar-refractivity contribution in [3.05, 3.63) is 40.7 Å². The number of aryl methyl sites for hydroxylation is 1. The highest BCUT2D eigenvalue weighted by molar-refractivity contribution is 5.81. The summed E-state index contributed by atoms with van der Waals surface area (Å²) >= 11 is 0. The number of pyridine rings is 1. The second kappa shape index (κ2) is 10.2. The van der Waals surface area contributed by atoms with Crippen LogP contribution in [0.3, 0.4) is 0 Å². The van der Waals surface area contributed by atoms with E-state index in [-0.39, 0.29) is 5.78 Å². The number of nitrogens with zero attached hydrogens (tertiary/aromatic N) is 1. The first-order valence-corrected chi connectivity index (χ1v) is 7.71. The van der Waals surface area contributed by atoms with Gasteiger partial charge in [-0.05, 0) is 37.8 Å². The Morgan fingerprint density at radius 1 is 1.23 bits per heavy atom. The Balaban J connectivity index is 2.86. The summed E-state index contributed by atoms with van der Waals surface area (Å²) < 4.78 is 10.5. The molecule has 22 heavy (non-hydrogen) atoms. The topological polar surface area (TPSA) is 48.4 Å². The molecule has 0 aliphatic carbocycles. The highest BCUT2D eigenvalue weighted by Gasteiger charge is 2.15. The zero-order valence-electron chi connectivity index (χ0n) is 14.1. The summed E-state index contributed by atoms with van der Waals surface area (Å²) in [6.45, 7) is 4.89. The number of ether oxygens (including phenoxy) is 2. The van der Waals surface area contributed by atoms with E-state index in [2.05, 4.69) is 11.1 Å². The highest BCUT2D eigenvalue weighted by Crippen LogP contribution is 2.20. The first-order chi connectivity index (χ1) is 10.6.